The molecule has 1 N–H and O–H groups in total. The molecule has 7 heteroatoms. The molecule has 0 unspecified atom stereocenters. The van der Waals surface area contributed by atoms with E-state index in [2.05, 4.69) is 5.10 Å². The van der Waals surface area contributed by atoms with Gasteiger partial charge in [0.1, 0.15) is 11.4 Å². The van der Waals surface area contributed by atoms with Gasteiger partial charge < -0.3 is 9.84 Å². The lowest BCUT2D eigenvalue weighted by Crippen LogP contribution is -2.06. The van der Waals surface area contributed by atoms with Crippen LogP contribution in [0, 0.1) is 17.0 Å². The molecule has 0 atom stereocenters. The van der Waals surface area contributed by atoms with Gasteiger partial charge in [-0.3, -0.25) is 10.1 Å². The summed E-state index contributed by atoms with van der Waals surface area (Å²) in [5, 5.41) is 24.7. The molecular weight excluding hydrogens is 274 g/mol. The lowest BCUT2D eigenvalue weighted by atomic mass is 10.2. The van der Waals surface area contributed by atoms with Gasteiger partial charge in [0.25, 0.3) is 5.88 Å². The molecule has 0 radical (unpaired) electrons. The molecule has 1 aromatic heterocycles. The van der Waals surface area contributed by atoms with Crippen molar-refractivity contribution in [1.29, 1.82) is 0 Å². The van der Waals surface area contributed by atoms with E-state index in [-0.39, 0.29) is 24.2 Å². The number of benzene rings is 1. The number of rotatable bonds is 5. The topological polar surface area (TPSA) is 90.4 Å². The summed E-state index contributed by atoms with van der Waals surface area (Å²) in [4.78, 5) is 10.7. The number of nitrogens with zero attached hydrogens (tertiary/aromatic N) is 3. The second-order valence-corrected chi connectivity index (χ2v) is 4.90. The van der Waals surface area contributed by atoms with E-state index in [9.17, 15) is 15.2 Å². The minimum absolute atomic E-state index is 0.0772. The van der Waals surface area contributed by atoms with Crippen molar-refractivity contribution in [2.75, 3.05) is 0 Å². The van der Waals surface area contributed by atoms with Gasteiger partial charge in [-0.25, -0.2) is 4.68 Å². The van der Waals surface area contributed by atoms with E-state index < -0.39 is 4.92 Å². The van der Waals surface area contributed by atoms with E-state index in [0.717, 1.165) is 0 Å². The Kier molecular flexibility index (Phi) is 4.23. The molecule has 0 aliphatic carbocycles. The van der Waals surface area contributed by atoms with Crippen LogP contribution in [0.25, 0.3) is 0 Å². The molecule has 0 bridgehead atoms. The van der Waals surface area contributed by atoms with Gasteiger partial charge in [0.15, 0.2) is 0 Å². The van der Waals surface area contributed by atoms with Crippen LogP contribution in [0.2, 0.25) is 0 Å². The Bertz CT molecular complexity index is 664. The zero-order valence-corrected chi connectivity index (χ0v) is 12.1. The predicted molar refractivity (Wildman–Crippen MR) is 76.4 cm³/mol. The molecule has 0 fully saturated rings. The maximum absolute atomic E-state index is 11.2. The fourth-order valence-electron chi connectivity index (χ4n) is 2.01. The van der Waals surface area contributed by atoms with Crippen molar-refractivity contribution in [1.82, 2.24) is 9.78 Å². The van der Waals surface area contributed by atoms with Crippen LogP contribution in [0.15, 0.2) is 24.3 Å². The van der Waals surface area contributed by atoms with E-state index in [4.69, 9.17) is 4.74 Å². The Balaban J connectivity index is 2.54. The smallest absolute Gasteiger partial charge is 0.353 e. The molecule has 1 heterocycles. The molecule has 0 spiro atoms. The summed E-state index contributed by atoms with van der Waals surface area (Å²) >= 11 is 0. The Morgan fingerprint density at radius 1 is 1.43 bits per heavy atom. The Labute approximate surface area is 121 Å². The summed E-state index contributed by atoms with van der Waals surface area (Å²) in [6.07, 6.45) is 0. The summed E-state index contributed by atoms with van der Waals surface area (Å²) in [6.45, 7) is 5.09. The molecule has 0 amide bonds. The van der Waals surface area contributed by atoms with Crippen LogP contribution < -0.4 is 4.74 Å². The first kappa shape index (κ1) is 15.0. The maximum Gasteiger partial charge on any atom is 0.353 e. The van der Waals surface area contributed by atoms with Crippen molar-refractivity contribution >= 4 is 5.69 Å². The third-order valence-electron chi connectivity index (χ3n) is 3.03. The number of hydrogen-bond donors (Lipinski definition) is 1. The fraction of sp³-hybridized carbons (Fsp3) is 0.357. The third kappa shape index (κ3) is 2.87. The highest BCUT2D eigenvalue weighted by atomic mass is 16.6. The summed E-state index contributed by atoms with van der Waals surface area (Å²) in [5.41, 5.74) is 0.697. The predicted octanol–water partition coefficient (Wildman–Crippen LogP) is 2.97. The van der Waals surface area contributed by atoms with Gasteiger partial charge in [-0.2, -0.15) is 5.10 Å². The van der Waals surface area contributed by atoms with E-state index in [0.29, 0.717) is 17.0 Å². The highest BCUT2D eigenvalue weighted by Crippen LogP contribution is 2.37. The van der Waals surface area contributed by atoms with Crippen molar-refractivity contribution in [2.24, 2.45) is 0 Å². The van der Waals surface area contributed by atoms with E-state index in [1.807, 2.05) is 13.8 Å². The Morgan fingerprint density at radius 3 is 2.67 bits per heavy atom. The third-order valence-corrected chi connectivity index (χ3v) is 3.03. The number of para-hydroxylation sites is 1. The minimum Gasteiger partial charge on any atom is -0.433 e. The Hall–Kier alpha value is -2.41. The van der Waals surface area contributed by atoms with Crippen molar-refractivity contribution < 1.29 is 14.8 Å². The molecule has 0 aliphatic rings. The summed E-state index contributed by atoms with van der Waals surface area (Å²) < 4.78 is 7.18. The monoisotopic (exact) mass is 291 g/mol. The Morgan fingerprint density at radius 2 is 2.10 bits per heavy atom. The lowest BCUT2D eigenvalue weighted by molar-refractivity contribution is -0.386. The average Bonchev–Trinajstić information content (AvgIpc) is 2.76. The van der Waals surface area contributed by atoms with Crippen LogP contribution in [0.5, 0.6) is 11.6 Å². The summed E-state index contributed by atoms with van der Waals surface area (Å²) in [6, 6.07) is 6.77. The van der Waals surface area contributed by atoms with Crippen LogP contribution in [-0.4, -0.2) is 19.8 Å². The van der Waals surface area contributed by atoms with Crippen LogP contribution >= 0.6 is 0 Å². The SMILES string of the molecule is Cc1nn(C(C)C)c(Oc2ccccc2CO)c1[N+](=O)[O-]. The summed E-state index contributed by atoms with van der Waals surface area (Å²) in [5.74, 6) is 0.457. The van der Waals surface area contributed by atoms with Crippen LogP contribution in [0.4, 0.5) is 5.69 Å². The first-order valence-electron chi connectivity index (χ1n) is 6.55. The largest absolute Gasteiger partial charge is 0.433 e. The number of nitro groups is 1. The normalized spacial score (nSPS) is 10.9. The quantitative estimate of drug-likeness (QED) is 0.675. The van der Waals surface area contributed by atoms with Crippen LogP contribution in [0.1, 0.15) is 31.1 Å². The maximum atomic E-state index is 11.2. The molecule has 0 aliphatic heterocycles. The number of aliphatic hydroxyl groups is 1. The number of aryl methyl sites for hydroxylation is 1. The fourth-order valence-corrected chi connectivity index (χ4v) is 2.01. The molecule has 1 aromatic carbocycles. The van der Waals surface area contributed by atoms with E-state index >= 15 is 0 Å². The van der Waals surface area contributed by atoms with Gasteiger partial charge in [-0.05, 0) is 26.8 Å². The van der Waals surface area contributed by atoms with Crippen molar-refractivity contribution in [2.45, 2.75) is 33.4 Å². The number of aromatic nitrogens is 2. The average molecular weight is 291 g/mol. The molecule has 112 valence electrons. The standard InChI is InChI=1S/C14H17N3O4/c1-9(2)16-14(13(17(19)20)10(3)15-16)21-12-7-5-4-6-11(12)8-18/h4-7,9,18H,8H2,1-3H3. The first-order chi connectivity index (χ1) is 9.95. The molecular formula is C14H17N3O4. The van der Waals surface area contributed by atoms with Gasteiger partial charge >= 0.3 is 5.69 Å². The highest BCUT2D eigenvalue weighted by molar-refractivity contribution is 5.49. The summed E-state index contributed by atoms with van der Waals surface area (Å²) in [7, 11) is 0. The first-order valence-corrected chi connectivity index (χ1v) is 6.55. The molecule has 0 saturated heterocycles. The lowest BCUT2D eigenvalue weighted by Gasteiger charge is -2.12. The van der Waals surface area contributed by atoms with Gasteiger partial charge in [0.2, 0.25) is 0 Å². The van der Waals surface area contributed by atoms with Crippen LogP contribution in [0.3, 0.4) is 0 Å². The molecule has 21 heavy (non-hydrogen) atoms. The van der Waals surface area contributed by atoms with Crippen molar-refractivity contribution in [3.05, 3.63) is 45.6 Å². The molecule has 0 saturated carbocycles. The number of aliphatic hydroxyl groups excluding tert-OH is 1. The van der Waals surface area contributed by atoms with Gasteiger partial charge in [0, 0.05) is 5.56 Å². The van der Waals surface area contributed by atoms with Gasteiger partial charge in [-0.15, -0.1) is 0 Å². The van der Waals surface area contributed by atoms with Crippen LogP contribution in [-0.2, 0) is 6.61 Å². The second kappa shape index (κ2) is 5.92. The van der Waals surface area contributed by atoms with Gasteiger partial charge in [-0.1, -0.05) is 18.2 Å². The van der Waals surface area contributed by atoms with Gasteiger partial charge in [0.05, 0.1) is 17.6 Å². The zero-order valence-electron chi connectivity index (χ0n) is 12.1. The van der Waals surface area contributed by atoms with Crippen molar-refractivity contribution in [3.8, 4) is 11.6 Å². The highest BCUT2D eigenvalue weighted by Gasteiger charge is 2.29. The second-order valence-electron chi connectivity index (χ2n) is 4.90. The zero-order chi connectivity index (χ0) is 15.6. The van der Waals surface area contributed by atoms with E-state index in [1.165, 1.54) is 4.68 Å². The number of ether oxygens (including phenoxy) is 1. The van der Waals surface area contributed by atoms with Crippen molar-refractivity contribution in [3.63, 3.8) is 0 Å². The molecule has 7 nitrogen and oxygen atoms in total. The minimum atomic E-state index is -0.502. The number of hydrogen-bond acceptors (Lipinski definition) is 5. The molecule has 2 rings (SSSR count). The molecule has 2 aromatic rings. The van der Waals surface area contributed by atoms with E-state index in [1.54, 1.807) is 31.2 Å².